The molecule has 0 aliphatic carbocycles. The zero-order chi connectivity index (χ0) is 23.3. The van der Waals surface area contributed by atoms with Gasteiger partial charge in [-0.2, -0.15) is 0 Å². The molecule has 0 unspecified atom stereocenters. The van der Waals surface area contributed by atoms with Crippen molar-refractivity contribution in [3.8, 4) is 0 Å². The Morgan fingerprint density at radius 1 is 0.939 bits per heavy atom. The highest BCUT2D eigenvalue weighted by Crippen LogP contribution is 2.48. The third-order valence-electron chi connectivity index (χ3n) is 5.31. The van der Waals surface area contributed by atoms with Gasteiger partial charge in [-0.1, -0.05) is 72.3 Å². The number of anilines is 1. The summed E-state index contributed by atoms with van der Waals surface area (Å²) in [5.41, 5.74) is 3.53. The van der Waals surface area contributed by atoms with Crippen molar-refractivity contribution in [2.75, 3.05) is 18.5 Å². The Balaban J connectivity index is 1.69. The lowest BCUT2D eigenvalue weighted by molar-refractivity contribution is 0.229. The summed E-state index contributed by atoms with van der Waals surface area (Å²) in [6, 6.07) is 22.5. The summed E-state index contributed by atoms with van der Waals surface area (Å²) >= 11 is 0. The first kappa shape index (κ1) is 23.2. The second-order valence-electron chi connectivity index (χ2n) is 7.75. The van der Waals surface area contributed by atoms with Gasteiger partial charge in [-0.25, -0.2) is 4.98 Å². The van der Waals surface area contributed by atoms with E-state index in [2.05, 4.69) is 46.7 Å². The zero-order valence-electron chi connectivity index (χ0n) is 19.2. The molecule has 0 amide bonds. The largest absolute Gasteiger partial charge is 0.424 e. The highest BCUT2D eigenvalue weighted by atomic mass is 31.2. The van der Waals surface area contributed by atoms with E-state index >= 15 is 0 Å². The zero-order valence-corrected chi connectivity index (χ0v) is 20.1. The summed E-state index contributed by atoms with van der Waals surface area (Å²) in [4.78, 5) is 4.61. The average molecular weight is 465 g/mol. The van der Waals surface area contributed by atoms with Gasteiger partial charge in [-0.3, -0.25) is 4.57 Å². The van der Waals surface area contributed by atoms with Crippen LogP contribution in [0.25, 0.3) is 10.8 Å². The van der Waals surface area contributed by atoms with Gasteiger partial charge in [0.1, 0.15) is 0 Å². The molecule has 3 aromatic carbocycles. The van der Waals surface area contributed by atoms with Gasteiger partial charge in [0.2, 0.25) is 17.2 Å². The Morgan fingerprint density at radius 3 is 2.36 bits per heavy atom. The normalized spacial score (nSPS) is 11.7. The third kappa shape index (κ3) is 5.36. The minimum Gasteiger partial charge on any atom is -0.424 e. The van der Waals surface area contributed by atoms with E-state index in [0.717, 1.165) is 21.9 Å². The molecule has 0 saturated carbocycles. The Bertz CT molecular complexity index is 1250. The average Bonchev–Trinajstić information content (AvgIpc) is 3.23. The fraction of sp³-hybridized carbons (Fsp3) is 0.269. The van der Waals surface area contributed by atoms with Crippen LogP contribution in [0.3, 0.4) is 0 Å². The standard InChI is InChI=1S/C26H29N2O4P/c1-4-30-33(29,31-5-2)26-25(27-18-20-15-13-19(3)14-16-20)32-24(28-26)17-22-11-8-10-21-9-6-7-12-23(21)22/h6-16,27H,4-5,17-18H2,1-3H3. The number of nitrogens with zero attached hydrogens (tertiary/aromatic N) is 1. The first-order valence-electron chi connectivity index (χ1n) is 11.2. The van der Waals surface area contributed by atoms with Crippen molar-refractivity contribution in [1.82, 2.24) is 4.98 Å². The molecule has 4 rings (SSSR count). The lowest BCUT2D eigenvalue weighted by Crippen LogP contribution is -2.16. The Morgan fingerprint density at radius 2 is 1.64 bits per heavy atom. The van der Waals surface area contributed by atoms with Crippen LogP contribution in [0.5, 0.6) is 0 Å². The molecule has 4 aromatic rings. The molecule has 0 aliphatic heterocycles. The molecule has 6 nitrogen and oxygen atoms in total. The summed E-state index contributed by atoms with van der Waals surface area (Å²) in [6.45, 7) is 6.57. The Kier molecular flexibility index (Phi) is 7.29. The topological polar surface area (TPSA) is 73.6 Å². The van der Waals surface area contributed by atoms with Gasteiger partial charge in [0.25, 0.3) is 0 Å². The van der Waals surface area contributed by atoms with Crippen LogP contribution in [0.1, 0.15) is 36.4 Å². The molecule has 7 heteroatoms. The SMILES string of the molecule is CCOP(=O)(OCC)c1nc(Cc2cccc3ccccc23)oc1NCc1ccc(C)cc1. The Hall–Kier alpha value is -2.92. The first-order chi connectivity index (χ1) is 16.0. The third-order valence-corrected chi connectivity index (χ3v) is 7.32. The van der Waals surface area contributed by atoms with Crippen LogP contribution < -0.4 is 10.8 Å². The maximum atomic E-state index is 13.6. The minimum atomic E-state index is -3.64. The molecule has 1 N–H and O–H groups in total. The maximum absolute atomic E-state index is 13.6. The number of benzene rings is 3. The Labute approximate surface area is 194 Å². The highest BCUT2D eigenvalue weighted by Gasteiger charge is 2.35. The molecule has 1 heterocycles. The summed E-state index contributed by atoms with van der Waals surface area (Å²) in [6.07, 6.45) is 0.457. The number of hydrogen-bond acceptors (Lipinski definition) is 6. The van der Waals surface area contributed by atoms with Crippen molar-refractivity contribution < 1.29 is 18.0 Å². The summed E-state index contributed by atoms with van der Waals surface area (Å²) in [5, 5.41) is 5.53. The molecular formula is C26H29N2O4P. The maximum Gasteiger partial charge on any atom is 0.385 e. The lowest BCUT2D eigenvalue weighted by Gasteiger charge is -2.15. The van der Waals surface area contributed by atoms with Crippen LogP contribution in [0.4, 0.5) is 5.88 Å². The van der Waals surface area contributed by atoms with E-state index in [1.807, 2.05) is 37.3 Å². The van der Waals surface area contributed by atoms with Crippen molar-refractivity contribution >= 4 is 29.7 Å². The molecule has 0 fully saturated rings. The second-order valence-corrected chi connectivity index (χ2v) is 9.68. The predicted octanol–water partition coefficient (Wildman–Crippen LogP) is 6.23. The molecule has 33 heavy (non-hydrogen) atoms. The number of hydrogen-bond donors (Lipinski definition) is 1. The van der Waals surface area contributed by atoms with Crippen LogP contribution in [-0.4, -0.2) is 18.2 Å². The van der Waals surface area contributed by atoms with Gasteiger partial charge in [0.05, 0.1) is 19.6 Å². The van der Waals surface area contributed by atoms with Gasteiger partial charge < -0.3 is 18.8 Å². The van der Waals surface area contributed by atoms with E-state index in [0.29, 0.717) is 24.7 Å². The molecular weight excluding hydrogens is 435 g/mol. The molecule has 1 aromatic heterocycles. The molecule has 0 atom stereocenters. The summed E-state index contributed by atoms with van der Waals surface area (Å²) in [7, 11) is -3.64. The summed E-state index contributed by atoms with van der Waals surface area (Å²) in [5.74, 6) is 0.767. The van der Waals surface area contributed by atoms with Crippen LogP contribution in [0.15, 0.2) is 71.1 Å². The van der Waals surface area contributed by atoms with E-state index in [-0.39, 0.29) is 18.6 Å². The van der Waals surface area contributed by atoms with Crippen molar-refractivity contribution in [3.05, 3.63) is 89.3 Å². The molecule has 0 radical (unpaired) electrons. The second kappa shape index (κ2) is 10.3. The lowest BCUT2D eigenvalue weighted by atomic mass is 10.0. The number of fused-ring (bicyclic) bond motifs is 1. The first-order valence-corrected chi connectivity index (χ1v) is 12.7. The van der Waals surface area contributed by atoms with Gasteiger partial charge in [-0.15, -0.1) is 0 Å². The van der Waals surface area contributed by atoms with Crippen molar-refractivity contribution in [3.63, 3.8) is 0 Å². The monoisotopic (exact) mass is 464 g/mol. The summed E-state index contributed by atoms with van der Waals surface area (Å²) < 4.78 is 30.8. The van der Waals surface area contributed by atoms with Crippen LogP contribution in [0, 0.1) is 6.92 Å². The highest BCUT2D eigenvalue weighted by molar-refractivity contribution is 7.62. The molecule has 0 bridgehead atoms. The van der Waals surface area contributed by atoms with E-state index < -0.39 is 7.60 Å². The smallest absolute Gasteiger partial charge is 0.385 e. The van der Waals surface area contributed by atoms with E-state index in [4.69, 9.17) is 13.5 Å². The quantitative estimate of drug-likeness (QED) is 0.281. The van der Waals surface area contributed by atoms with Crippen molar-refractivity contribution in [2.24, 2.45) is 0 Å². The van der Waals surface area contributed by atoms with Gasteiger partial charge in [-0.05, 0) is 42.7 Å². The van der Waals surface area contributed by atoms with Crippen LogP contribution in [-0.2, 0) is 26.6 Å². The van der Waals surface area contributed by atoms with E-state index in [1.165, 1.54) is 5.56 Å². The number of aryl methyl sites for hydroxylation is 1. The number of rotatable bonds is 10. The van der Waals surface area contributed by atoms with Gasteiger partial charge >= 0.3 is 7.60 Å². The van der Waals surface area contributed by atoms with Crippen molar-refractivity contribution in [1.29, 1.82) is 0 Å². The van der Waals surface area contributed by atoms with Crippen LogP contribution >= 0.6 is 7.60 Å². The fourth-order valence-corrected chi connectivity index (χ4v) is 5.34. The van der Waals surface area contributed by atoms with E-state index in [9.17, 15) is 4.57 Å². The molecule has 0 saturated heterocycles. The number of aromatic nitrogens is 1. The molecule has 0 spiro atoms. The minimum absolute atomic E-state index is 0.188. The fourth-order valence-electron chi connectivity index (χ4n) is 3.73. The van der Waals surface area contributed by atoms with Gasteiger partial charge in [0.15, 0.2) is 0 Å². The number of nitrogens with one attached hydrogen (secondary N) is 1. The predicted molar refractivity (Wildman–Crippen MR) is 132 cm³/mol. The number of oxazole rings is 1. The van der Waals surface area contributed by atoms with Crippen molar-refractivity contribution in [2.45, 2.75) is 33.7 Å². The van der Waals surface area contributed by atoms with E-state index in [1.54, 1.807) is 13.8 Å². The molecule has 172 valence electrons. The van der Waals surface area contributed by atoms with Crippen LogP contribution in [0.2, 0.25) is 0 Å². The molecule has 0 aliphatic rings. The van der Waals surface area contributed by atoms with Gasteiger partial charge in [0, 0.05) is 6.54 Å².